The van der Waals surface area contributed by atoms with Crippen LogP contribution in [0.2, 0.25) is 0 Å². The molecular formula is C19H31NO. The first kappa shape index (κ1) is 16.5. The molecule has 1 aliphatic carbocycles. The molecule has 0 saturated heterocycles. The second-order valence-corrected chi connectivity index (χ2v) is 6.29. The van der Waals surface area contributed by atoms with Crippen LogP contribution < -0.4 is 5.32 Å². The van der Waals surface area contributed by atoms with Crippen LogP contribution in [0, 0.1) is 0 Å². The lowest BCUT2D eigenvalue weighted by Crippen LogP contribution is -2.42. The summed E-state index contributed by atoms with van der Waals surface area (Å²) in [6.07, 6.45) is 7.05. The Morgan fingerprint density at radius 3 is 2.33 bits per heavy atom. The van der Waals surface area contributed by atoms with E-state index >= 15 is 0 Å². The molecule has 1 saturated carbocycles. The van der Waals surface area contributed by atoms with Gasteiger partial charge in [0.05, 0.1) is 5.60 Å². The third-order valence-electron chi connectivity index (χ3n) is 5.12. The van der Waals surface area contributed by atoms with Crippen molar-refractivity contribution in [1.29, 1.82) is 0 Å². The Labute approximate surface area is 130 Å². The van der Waals surface area contributed by atoms with Crippen LogP contribution >= 0.6 is 0 Å². The van der Waals surface area contributed by atoms with Crippen LogP contribution in [0.15, 0.2) is 18.2 Å². The average molecular weight is 289 g/mol. The minimum atomic E-state index is 0.114. The zero-order valence-corrected chi connectivity index (χ0v) is 14.2. The normalized spacial score (nSPS) is 18.3. The second kappa shape index (κ2) is 7.42. The van der Waals surface area contributed by atoms with Crippen molar-refractivity contribution < 1.29 is 4.74 Å². The third kappa shape index (κ3) is 3.67. The van der Waals surface area contributed by atoms with E-state index in [-0.39, 0.29) is 5.60 Å². The molecule has 2 rings (SSSR count). The number of rotatable bonds is 8. The van der Waals surface area contributed by atoms with Crippen molar-refractivity contribution in [2.45, 2.75) is 70.9 Å². The Bertz CT molecular complexity index is 445. The van der Waals surface area contributed by atoms with Gasteiger partial charge in [-0.25, -0.2) is 0 Å². The minimum absolute atomic E-state index is 0.114. The number of nitrogens with one attached hydrogen (secondary N) is 1. The largest absolute Gasteiger partial charge is 0.378 e. The van der Waals surface area contributed by atoms with Gasteiger partial charge in [0, 0.05) is 13.2 Å². The predicted octanol–water partition coefficient (Wildman–Crippen LogP) is 4.42. The fourth-order valence-electron chi connectivity index (χ4n) is 3.53. The van der Waals surface area contributed by atoms with Crippen molar-refractivity contribution in [3.63, 3.8) is 0 Å². The Hall–Kier alpha value is -0.860. The van der Waals surface area contributed by atoms with Crippen molar-refractivity contribution in [2.75, 3.05) is 13.7 Å². The first-order valence-electron chi connectivity index (χ1n) is 8.58. The molecule has 118 valence electrons. The maximum atomic E-state index is 5.83. The van der Waals surface area contributed by atoms with Crippen molar-refractivity contribution in [2.24, 2.45) is 0 Å². The highest BCUT2D eigenvalue weighted by molar-refractivity contribution is 5.34. The van der Waals surface area contributed by atoms with Crippen LogP contribution in [0.1, 0.15) is 69.2 Å². The molecule has 0 bridgehead atoms. The number of hydrogen-bond donors (Lipinski definition) is 1. The fourth-order valence-corrected chi connectivity index (χ4v) is 3.53. The third-order valence-corrected chi connectivity index (χ3v) is 5.12. The lowest BCUT2D eigenvalue weighted by molar-refractivity contribution is -0.0837. The van der Waals surface area contributed by atoms with Gasteiger partial charge in [-0.1, -0.05) is 39.0 Å². The summed E-state index contributed by atoms with van der Waals surface area (Å²) in [5, 5.41) is 3.67. The summed E-state index contributed by atoms with van der Waals surface area (Å²) in [6, 6.07) is 7.45. The van der Waals surface area contributed by atoms with Crippen LogP contribution in [-0.4, -0.2) is 19.3 Å². The minimum Gasteiger partial charge on any atom is -0.378 e. The van der Waals surface area contributed by atoms with Crippen molar-refractivity contribution >= 4 is 0 Å². The Morgan fingerprint density at radius 2 is 1.86 bits per heavy atom. The van der Waals surface area contributed by atoms with Gasteiger partial charge in [0.15, 0.2) is 0 Å². The summed E-state index contributed by atoms with van der Waals surface area (Å²) in [7, 11) is 1.87. The van der Waals surface area contributed by atoms with Gasteiger partial charge in [0.1, 0.15) is 0 Å². The number of benzene rings is 1. The van der Waals surface area contributed by atoms with Crippen LogP contribution in [0.3, 0.4) is 0 Å². The van der Waals surface area contributed by atoms with Gasteiger partial charge in [-0.2, -0.15) is 0 Å². The van der Waals surface area contributed by atoms with E-state index in [9.17, 15) is 0 Å². The Kier molecular flexibility index (Phi) is 5.83. The first-order chi connectivity index (χ1) is 10.2. The molecule has 21 heavy (non-hydrogen) atoms. The molecular weight excluding hydrogens is 258 g/mol. The summed E-state index contributed by atoms with van der Waals surface area (Å²) < 4.78 is 5.83. The summed E-state index contributed by atoms with van der Waals surface area (Å²) in [5.41, 5.74) is 4.52. The maximum absolute atomic E-state index is 5.83. The van der Waals surface area contributed by atoms with Crippen molar-refractivity contribution in [3.8, 4) is 0 Å². The molecule has 1 N–H and O–H groups in total. The molecule has 2 heteroatoms. The number of methoxy groups -OCH3 is 1. The molecule has 1 aromatic carbocycles. The van der Waals surface area contributed by atoms with E-state index in [0.717, 1.165) is 25.8 Å². The molecule has 2 nitrogen and oxygen atoms in total. The molecule has 0 aliphatic heterocycles. The van der Waals surface area contributed by atoms with Gasteiger partial charge in [-0.15, -0.1) is 0 Å². The van der Waals surface area contributed by atoms with Crippen LogP contribution in [0.25, 0.3) is 0 Å². The molecule has 1 fully saturated rings. The standard InChI is InChI=1S/C19H31NO/c1-5-15-9-10-17(13-16(15)6-2)18(20-7-3)14-19(21-4)11-8-12-19/h9-10,13,18,20H,5-8,11-12,14H2,1-4H3. The molecule has 0 spiro atoms. The molecule has 1 atom stereocenters. The van der Waals surface area contributed by atoms with Gasteiger partial charge >= 0.3 is 0 Å². The zero-order valence-electron chi connectivity index (χ0n) is 14.2. The quantitative estimate of drug-likeness (QED) is 0.765. The molecule has 0 aromatic heterocycles. The topological polar surface area (TPSA) is 21.3 Å². The van der Waals surface area contributed by atoms with Gasteiger partial charge in [-0.05, 0) is 61.8 Å². The van der Waals surface area contributed by atoms with Crippen LogP contribution in [0.4, 0.5) is 0 Å². The van der Waals surface area contributed by atoms with Gasteiger partial charge in [0.25, 0.3) is 0 Å². The van der Waals surface area contributed by atoms with Gasteiger partial charge < -0.3 is 10.1 Å². The average Bonchev–Trinajstić information content (AvgIpc) is 2.49. The van der Waals surface area contributed by atoms with Crippen molar-refractivity contribution in [3.05, 3.63) is 34.9 Å². The zero-order chi connectivity index (χ0) is 15.3. The molecule has 1 aliphatic rings. The lowest BCUT2D eigenvalue weighted by atomic mass is 9.74. The number of aryl methyl sites for hydroxylation is 2. The highest BCUT2D eigenvalue weighted by Crippen LogP contribution is 2.42. The summed E-state index contributed by atoms with van der Waals surface area (Å²) in [6.45, 7) is 7.68. The number of hydrogen-bond acceptors (Lipinski definition) is 2. The molecule has 1 aromatic rings. The van der Waals surface area contributed by atoms with E-state index in [1.54, 1.807) is 0 Å². The Morgan fingerprint density at radius 1 is 1.14 bits per heavy atom. The van der Waals surface area contributed by atoms with E-state index in [0.29, 0.717) is 6.04 Å². The fraction of sp³-hybridized carbons (Fsp3) is 0.684. The predicted molar refractivity (Wildman–Crippen MR) is 89.8 cm³/mol. The molecule has 0 heterocycles. The summed E-state index contributed by atoms with van der Waals surface area (Å²) >= 11 is 0. The maximum Gasteiger partial charge on any atom is 0.0697 e. The molecule has 1 unspecified atom stereocenters. The van der Waals surface area contributed by atoms with E-state index in [4.69, 9.17) is 4.74 Å². The lowest BCUT2D eigenvalue weighted by Gasteiger charge is -2.43. The van der Waals surface area contributed by atoms with E-state index in [1.807, 2.05) is 7.11 Å². The van der Waals surface area contributed by atoms with E-state index in [2.05, 4.69) is 44.3 Å². The van der Waals surface area contributed by atoms with Gasteiger partial charge in [-0.3, -0.25) is 0 Å². The SMILES string of the molecule is CCNC(CC1(OC)CCC1)c1ccc(CC)c(CC)c1. The monoisotopic (exact) mass is 289 g/mol. The summed E-state index contributed by atoms with van der Waals surface area (Å²) in [4.78, 5) is 0. The molecule has 0 amide bonds. The highest BCUT2D eigenvalue weighted by Gasteiger charge is 2.39. The van der Waals surface area contributed by atoms with E-state index < -0.39 is 0 Å². The molecule has 0 radical (unpaired) electrons. The van der Waals surface area contributed by atoms with Crippen molar-refractivity contribution in [1.82, 2.24) is 5.32 Å². The van der Waals surface area contributed by atoms with Crippen LogP contribution in [0.5, 0.6) is 0 Å². The first-order valence-corrected chi connectivity index (χ1v) is 8.58. The number of ether oxygens (including phenoxy) is 1. The van der Waals surface area contributed by atoms with E-state index in [1.165, 1.54) is 36.0 Å². The highest BCUT2D eigenvalue weighted by atomic mass is 16.5. The van der Waals surface area contributed by atoms with Crippen LogP contribution in [-0.2, 0) is 17.6 Å². The van der Waals surface area contributed by atoms with Gasteiger partial charge in [0.2, 0.25) is 0 Å². The second-order valence-electron chi connectivity index (χ2n) is 6.29. The smallest absolute Gasteiger partial charge is 0.0697 e. The summed E-state index contributed by atoms with van der Waals surface area (Å²) in [5.74, 6) is 0. The Balaban J connectivity index is 2.21.